The number of carbonyl (C=O) groups excluding carboxylic acids is 4. The lowest BCUT2D eigenvalue weighted by atomic mass is 10.1. The van der Waals surface area contributed by atoms with Crippen LogP contribution in [0.15, 0.2) is 72.8 Å². The SMILES string of the molecule is O=C(CN1C(=O)COc2ccccc21)Nc1cccc(N2C(=O)c3ccccc3C2=O)c1. The second-order valence-electron chi connectivity index (χ2n) is 7.33. The summed E-state index contributed by atoms with van der Waals surface area (Å²) >= 11 is 0. The summed E-state index contributed by atoms with van der Waals surface area (Å²) in [4.78, 5) is 52.9. The second-order valence-corrected chi connectivity index (χ2v) is 7.33. The summed E-state index contributed by atoms with van der Waals surface area (Å²) in [6, 6.07) is 20.1. The Morgan fingerprint density at radius 1 is 0.875 bits per heavy atom. The Kier molecular flexibility index (Phi) is 4.67. The second kappa shape index (κ2) is 7.66. The highest BCUT2D eigenvalue weighted by Gasteiger charge is 2.36. The number of amides is 4. The lowest BCUT2D eigenvalue weighted by Crippen LogP contribution is -2.43. The van der Waals surface area contributed by atoms with Crippen LogP contribution in [-0.2, 0) is 9.59 Å². The summed E-state index contributed by atoms with van der Waals surface area (Å²) < 4.78 is 5.39. The van der Waals surface area contributed by atoms with Crippen molar-refractivity contribution >= 4 is 40.7 Å². The van der Waals surface area contributed by atoms with Gasteiger partial charge in [0, 0.05) is 5.69 Å². The molecule has 2 heterocycles. The van der Waals surface area contributed by atoms with E-state index in [-0.39, 0.29) is 19.1 Å². The van der Waals surface area contributed by atoms with Crippen LogP contribution in [0, 0.1) is 0 Å². The van der Waals surface area contributed by atoms with Gasteiger partial charge in [-0.25, -0.2) is 4.90 Å². The molecule has 0 radical (unpaired) electrons. The van der Waals surface area contributed by atoms with Crippen molar-refractivity contribution in [3.05, 3.63) is 83.9 Å². The zero-order chi connectivity index (χ0) is 22.2. The number of hydrogen-bond acceptors (Lipinski definition) is 5. The molecule has 0 fully saturated rings. The van der Waals surface area contributed by atoms with Crippen LogP contribution in [0.3, 0.4) is 0 Å². The Morgan fingerprint density at radius 3 is 2.31 bits per heavy atom. The van der Waals surface area contributed by atoms with Crippen molar-refractivity contribution in [2.75, 3.05) is 28.3 Å². The summed E-state index contributed by atoms with van der Waals surface area (Å²) in [5.74, 6) is -1.03. The molecule has 0 saturated heterocycles. The molecule has 5 rings (SSSR count). The molecule has 0 aromatic heterocycles. The fourth-order valence-corrected chi connectivity index (χ4v) is 3.82. The largest absolute Gasteiger partial charge is 0.482 e. The lowest BCUT2D eigenvalue weighted by Gasteiger charge is -2.28. The predicted molar refractivity (Wildman–Crippen MR) is 117 cm³/mol. The first-order valence-electron chi connectivity index (χ1n) is 9.93. The van der Waals surface area contributed by atoms with Crippen LogP contribution in [-0.4, -0.2) is 36.8 Å². The Morgan fingerprint density at radius 2 is 1.56 bits per heavy atom. The van der Waals surface area contributed by atoms with E-state index in [1.54, 1.807) is 72.8 Å². The molecule has 0 unspecified atom stereocenters. The first-order valence-corrected chi connectivity index (χ1v) is 9.93. The highest BCUT2D eigenvalue weighted by molar-refractivity contribution is 6.34. The third kappa shape index (κ3) is 3.27. The van der Waals surface area contributed by atoms with Gasteiger partial charge in [0.2, 0.25) is 5.91 Å². The lowest BCUT2D eigenvalue weighted by molar-refractivity contribution is -0.123. The number of benzene rings is 3. The molecule has 0 atom stereocenters. The van der Waals surface area contributed by atoms with Gasteiger partial charge in [-0.2, -0.15) is 0 Å². The van der Waals surface area contributed by atoms with E-state index in [0.717, 1.165) is 4.90 Å². The molecule has 158 valence electrons. The monoisotopic (exact) mass is 427 g/mol. The van der Waals surface area contributed by atoms with E-state index in [0.29, 0.717) is 33.9 Å². The molecular formula is C24H17N3O5. The number of carbonyl (C=O) groups is 4. The third-order valence-electron chi connectivity index (χ3n) is 5.29. The summed E-state index contributed by atoms with van der Waals surface area (Å²) in [6.07, 6.45) is 0. The normalized spacial score (nSPS) is 14.7. The van der Waals surface area contributed by atoms with E-state index in [1.165, 1.54) is 4.90 Å². The molecule has 0 aliphatic carbocycles. The van der Waals surface area contributed by atoms with E-state index in [2.05, 4.69) is 5.32 Å². The van der Waals surface area contributed by atoms with Crippen molar-refractivity contribution in [2.45, 2.75) is 0 Å². The van der Waals surface area contributed by atoms with Gasteiger partial charge < -0.3 is 10.1 Å². The molecule has 8 heteroatoms. The van der Waals surface area contributed by atoms with Crippen LogP contribution in [0.25, 0.3) is 0 Å². The summed E-state index contributed by atoms with van der Waals surface area (Å²) in [5.41, 5.74) is 1.96. The van der Waals surface area contributed by atoms with E-state index < -0.39 is 17.7 Å². The molecule has 2 aliphatic rings. The number of hydrogen-bond donors (Lipinski definition) is 1. The van der Waals surface area contributed by atoms with Gasteiger partial charge in [-0.3, -0.25) is 24.1 Å². The van der Waals surface area contributed by atoms with Gasteiger partial charge in [0.15, 0.2) is 6.61 Å². The average Bonchev–Trinajstić information content (AvgIpc) is 3.06. The van der Waals surface area contributed by atoms with Gasteiger partial charge in [0.1, 0.15) is 12.3 Å². The van der Waals surface area contributed by atoms with Gasteiger partial charge in [-0.15, -0.1) is 0 Å². The highest BCUT2D eigenvalue weighted by atomic mass is 16.5. The van der Waals surface area contributed by atoms with Crippen LogP contribution in [0.2, 0.25) is 0 Å². The number of rotatable bonds is 4. The molecule has 4 amide bonds. The third-order valence-corrected chi connectivity index (χ3v) is 5.29. The smallest absolute Gasteiger partial charge is 0.266 e. The minimum absolute atomic E-state index is 0.139. The first kappa shape index (κ1) is 19.5. The van der Waals surface area contributed by atoms with Crippen LogP contribution in [0.5, 0.6) is 5.75 Å². The van der Waals surface area contributed by atoms with E-state index >= 15 is 0 Å². The van der Waals surface area contributed by atoms with Crippen LogP contribution >= 0.6 is 0 Å². The maximum absolute atomic E-state index is 12.7. The van der Waals surface area contributed by atoms with Crippen molar-refractivity contribution in [1.29, 1.82) is 0 Å². The number of fused-ring (bicyclic) bond motifs is 2. The molecule has 2 aliphatic heterocycles. The number of nitrogens with zero attached hydrogens (tertiary/aromatic N) is 2. The van der Waals surface area contributed by atoms with Gasteiger partial charge in [-0.05, 0) is 42.5 Å². The molecule has 8 nitrogen and oxygen atoms in total. The Hall–Kier alpha value is -4.46. The molecule has 0 saturated carbocycles. The number of para-hydroxylation sites is 2. The minimum atomic E-state index is -0.422. The molecule has 1 N–H and O–H groups in total. The minimum Gasteiger partial charge on any atom is -0.482 e. The standard InChI is InChI=1S/C24H17N3O5/c28-21(13-26-19-10-3-4-11-20(19)32-14-22(26)29)25-15-6-5-7-16(12-15)27-23(30)17-8-1-2-9-18(17)24(27)31/h1-12H,13-14H2,(H,25,28). The average molecular weight is 427 g/mol. The van der Waals surface area contributed by atoms with Crippen molar-refractivity contribution in [1.82, 2.24) is 0 Å². The predicted octanol–water partition coefficient (Wildman–Crippen LogP) is 2.85. The number of anilines is 3. The van der Waals surface area contributed by atoms with Crippen LogP contribution in [0.4, 0.5) is 17.1 Å². The number of ether oxygens (including phenoxy) is 1. The first-order chi connectivity index (χ1) is 15.5. The maximum atomic E-state index is 12.7. The topological polar surface area (TPSA) is 96.0 Å². The maximum Gasteiger partial charge on any atom is 0.266 e. The Bertz CT molecular complexity index is 1250. The van der Waals surface area contributed by atoms with Gasteiger partial charge in [0.25, 0.3) is 17.7 Å². The summed E-state index contributed by atoms with van der Waals surface area (Å²) in [5, 5.41) is 2.73. The Labute approximate surface area is 183 Å². The van der Waals surface area contributed by atoms with E-state index in [1.807, 2.05) is 0 Å². The fraction of sp³-hybridized carbons (Fsp3) is 0.0833. The van der Waals surface area contributed by atoms with Crippen molar-refractivity contribution in [2.24, 2.45) is 0 Å². The molecule has 0 bridgehead atoms. The zero-order valence-electron chi connectivity index (χ0n) is 16.8. The van der Waals surface area contributed by atoms with Crippen LogP contribution in [0.1, 0.15) is 20.7 Å². The van der Waals surface area contributed by atoms with Crippen molar-refractivity contribution in [3.63, 3.8) is 0 Å². The molecule has 3 aromatic rings. The highest BCUT2D eigenvalue weighted by Crippen LogP contribution is 2.32. The van der Waals surface area contributed by atoms with Crippen molar-refractivity contribution < 1.29 is 23.9 Å². The van der Waals surface area contributed by atoms with Gasteiger partial charge in [0.05, 0.1) is 22.5 Å². The van der Waals surface area contributed by atoms with Crippen molar-refractivity contribution in [3.8, 4) is 5.75 Å². The van der Waals surface area contributed by atoms with Crippen LogP contribution < -0.4 is 19.9 Å². The van der Waals surface area contributed by atoms with E-state index in [4.69, 9.17) is 4.74 Å². The van der Waals surface area contributed by atoms with Gasteiger partial charge >= 0.3 is 0 Å². The Balaban J connectivity index is 1.34. The van der Waals surface area contributed by atoms with E-state index in [9.17, 15) is 19.2 Å². The summed E-state index contributed by atoms with van der Waals surface area (Å²) in [6.45, 7) is -0.337. The molecule has 32 heavy (non-hydrogen) atoms. The molecular weight excluding hydrogens is 410 g/mol. The molecule has 0 spiro atoms. The van der Waals surface area contributed by atoms with Gasteiger partial charge in [-0.1, -0.05) is 30.3 Å². The quantitative estimate of drug-likeness (QED) is 0.646. The molecule has 3 aromatic carbocycles. The number of imide groups is 1. The zero-order valence-corrected chi connectivity index (χ0v) is 16.8. The number of nitrogens with one attached hydrogen (secondary N) is 1. The summed E-state index contributed by atoms with van der Waals surface area (Å²) in [7, 11) is 0. The fourth-order valence-electron chi connectivity index (χ4n) is 3.82.